The zero-order valence-corrected chi connectivity index (χ0v) is 14.2. The van der Waals surface area contributed by atoms with Gasteiger partial charge >= 0.3 is 5.97 Å². The molecule has 4 nitrogen and oxygen atoms in total. The van der Waals surface area contributed by atoms with E-state index in [4.69, 9.17) is 22.2 Å². The minimum Gasteiger partial charge on any atom is -0.398 e. The van der Waals surface area contributed by atoms with E-state index >= 15 is 0 Å². The topological polar surface area (TPSA) is 57.2 Å². The van der Waals surface area contributed by atoms with Crippen molar-refractivity contribution in [2.45, 2.75) is 23.6 Å². The zero-order chi connectivity index (χ0) is 16.6. The van der Waals surface area contributed by atoms with Crippen molar-refractivity contribution in [2.24, 2.45) is 0 Å². The Balaban J connectivity index is 2.17. The molecule has 2 N–H and O–H groups in total. The van der Waals surface area contributed by atoms with E-state index in [2.05, 4.69) is 0 Å². The third-order valence-corrected chi connectivity index (χ3v) is 4.87. The van der Waals surface area contributed by atoms with Crippen molar-refractivity contribution in [3.63, 3.8) is 0 Å². The molecule has 0 saturated heterocycles. The monoisotopic (exact) mass is 346 g/mol. The Labute approximate surface area is 143 Å². The highest BCUT2D eigenvalue weighted by molar-refractivity contribution is 7.99. The molecule has 3 aromatic rings. The van der Waals surface area contributed by atoms with E-state index < -0.39 is 0 Å². The number of carbonyl (C=O) groups excluding carboxylic acids is 1. The fourth-order valence-corrected chi connectivity index (χ4v) is 3.61. The molecular formula is C17H15ClN2O2S. The molecule has 0 spiro atoms. The SMILES string of the molecule is CC(=O)On1c(C)c(Sc2ccc(Cl)cc2)c2c(N)cccc21. The van der Waals surface area contributed by atoms with E-state index in [1.54, 1.807) is 11.8 Å². The van der Waals surface area contributed by atoms with Crippen LogP contribution in [0.15, 0.2) is 52.3 Å². The van der Waals surface area contributed by atoms with Crippen LogP contribution >= 0.6 is 23.4 Å². The first kappa shape index (κ1) is 15.8. The molecule has 0 bridgehead atoms. The number of carbonyl (C=O) groups is 1. The number of nitrogen functional groups attached to an aromatic ring is 1. The van der Waals surface area contributed by atoms with Crippen LogP contribution in [0.1, 0.15) is 12.6 Å². The molecule has 3 rings (SSSR count). The Bertz CT molecular complexity index is 888. The van der Waals surface area contributed by atoms with Crippen molar-refractivity contribution >= 4 is 45.9 Å². The molecule has 2 aromatic carbocycles. The van der Waals surface area contributed by atoms with Crippen LogP contribution in [0.5, 0.6) is 0 Å². The number of anilines is 1. The third kappa shape index (κ3) is 3.02. The number of aromatic nitrogens is 1. The third-order valence-electron chi connectivity index (χ3n) is 3.41. The van der Waals surface area contributed by atoms with Gasteiger partial charge in [0, 0.05) is 32.8 Å². The summed E-state index contributed by atoms with van der Waals surface area (Å²) in [6.45, 7) is 3.28. The lowest BCUT2D eigenvalue weighted by atomic mass is 10.2. The van der Waals surface area contributed by atoms with E-state index in [9.17, 15) is 4.79 Å². The predicted octanol–water partition coefficient (Wildman–Crippen LogP) is 4.31. The van der Waals surface area contributed by atoms with Gasteiger partial charge < -0.3 is 10.6 Å². The largest absolute Gasteiger partial charge is 0.398 e. The van der Waals surface area contributed by atoms with Gasteiger partial charge in [-0.1, -0.05) is 29.4 Å². The van der Waals surface area contributed by atoms with Crippen molar-refractivity contribution in [1.82, 2.24) is 4.73 Å². The molecule has 0 fully saturated rings. The minimum atomic E-state index is -0.379. The van der Waals surface area contributed by atoms with Gasteiger partial charge in [0.1, 0.15) is 0 Å². The van der Waals surface area contributed by atoms with E-state index in [1.807, 2.05) is 49.4 Å². The van der Waals surface area contributed by atoms with Gasteiger partial charge in [0.2, 0.25) is 0 Å². The highest BCUT2D eigenvalue weighted by Crippen LogP contribution is 2.40. The van der Waals surface area contributed by atoms with Crippen molar-refractivity contribution in [1.29, 1.82) is 0 Å². The summed E-state index contributed by atoms with van der Waals surface area (Å²) in [6, 6.07) is 13.1. The lowest BCUT2D eigenvalue weighted by molar-refractivity contribution is -0.141. The Morgan fingerprint density at radius 1 is 1.22 bits per heavy atom. The first-order valence-corrected chi connectivity index (χ1v) is 8.18. The molecule has 0 unspecified atom stereocenters. The molecule has 23 heavy (non-hydrogen) atoms. The van der Waals surface area contributed by atoms with Crippen LogP contribution in [-0.2, 0) is 4.79 Å². The first-order chi connectivity index (χ1) is 11.0. The average molecular weight is 347 g/mol. The quantitative estimate of drug-likeness (QED) is 0.718. The summed E-state index contributed by atoms with van der Waals surface area (Å²) in [5.74, 6) is -0.379. The van der Waals surface area contributed by atoms with Crippen LogP contribution in [0.3, 0.4) is 0 Å². The Morgan fingerprint density at radius 3 is 2.57 bits per heavy atom. The van der Waals surface area contributed by atoms with E-state index in [0.29, 0.717) is 10.7 Å². The fraction of sp³-hybridized carbons (Fsp3) is 0.118. The van der Waals surface area contributed by atoms with Crippen molar-refractivity contribution in [3.05, 3.63) is 53.2 Å². The second-order valence-corrected chi connectivity index (χ2v) is 6.61. The maximum atomic E-state index is 11.4. The Morgan fingerprint density at radius 2 is 1.91 bits per heavy atom. The molecule has 1 heterocycles. The highest BCUT2D eigenvalue weighted by atomic mass is 35.5. The number of fused-ring (bicyclic) bond motifs is 1. The lowest BCUT2D eigenvalue weighted by Gasteiger charge is -2.06. The maximum absolute atomic E-state index is 11.4. The molecular weight excluding hydrogens is 332 g/mol. The fourth-order valence-electron chi connectivity index (χ4n) is 2.42. The molecule has 0 aliphatic heterocycles. The van der Waals surface area contributed by atoms with Crippen LogP contribution in [0.4, 0.5) is 5.69 Å². The molecule has 0 radical (unpaired) electrons. The van der Waals surface area contributed by atoms with Crippen LogP contribution in [0.25, 0.3) is 10.9 Å². The van der Waals surface area contributed by atoms with Gasteiger partial charge in [-0.2, -0.15) is 4.73 Å². The van der Waals surface area contributed by atoms with Crippen LogP contribution < -0.4 is 10.6 Å². The number of benzene rings is 2. The number of hydrogen-bond donors (Lipinski definition) is 1. The van der Waals surface area contributed by atoms with Crippen molar-refractivity contribution < 1.29 is 9.63 Å². The van der Waals surface area contributed by atoms with Gasteiger partial charge in [0.15, 0.2) is 0 Å². The molecule has 0 saturated carbocycles. The molecule has 0 aliphatic rings. The summed E-state index contributed by atoms with van der Waals surface area (Å²) in [7, 11) is 0. The molecule has 118 valence electrons. The van der Waals surface area contributed by atoms with Gasteiger partial charge in [0.25, 0.3) is 0 Å². The van der Waals surface area contributed by atoms with Crippen LogP contribution in [0.2, 0.25) is 5.02 Å². The highest BCUT2D eigenvalue weighted by Gasteiger charge is 2.19. The normalized spacial score (nSPS) is 10.9. The Hall–Kier alpha value is -2.11. The number of nitrogens with zero attached hydrogens (tertiary/aromatic N) is 1. The summed E-state index contributed by atoms with van der Waals surface area (Å²) in [6.07, 6.45) is 0. The number of hydrogen-bond acceptors (Lipinski definition) is 4. The van der Waals surface area contributed by atoms with Gasteiger partial charge in [-0.25, -0.2) is 4.79 Å². The standard InChI is InChI=1S/C17H15ClN2O2S/c1-10-17(23-13-8-6-12(18)7-9-13)16-14(19)4-3-5-15(16)20(10)22-11(2)21/h3-9H,19H2,1-2H3. The van der Waals surface area contributed by atoms with Gasteiger partial charge in [-0.3, -0.25) is 0 Å². The molecule has 0 aliphatic carbocycles. The summed E-state index contributed by atoms with van der Waals surface area (Å²) in [5.41, 5.74) is 8.41. The minimum absolute atomic E-state index is 0.379. The molecule has 6 heteroatoms. The zero-order valence-electron chi connectivity index (χ0n) is 12.7. The predicted molar refractivity (Wildman–Crippen MR) is 93.9 cm³/mol. The van der Waals surface area contributed by atoms with Gasteiger partial charge in [-0.15, -0.1) is 0 Å². The summed E-state index contributed by atoms with van der Waals surface area (Å²) in [5, 5.41) is 1.57. The summed E-state index contributed by atoms with van der Waals surface area (Å²) >= 11 is 7.50. The van der Waals surface area contributed by atoms with Crippen molar-refractivity contribution in [2.75, 3.05) is 5.73 Å². The molecule has 0 atom stereocenters. The van der Waals surface area contributed by atoms with E-state index in [1.165, 1.54) is 11.7 Å². The Kier molecular flexibility index (Phi) is 4.24. The summed E-state index contributed by atoms with van der Waals surface area (Å²) in [4.78, 5) is 18.7. The van der Waals surface area contributed by atoms with E-state index in [0.717, 1.165) is 26.4 Å². The van der Waals surface area contributed by atoms with Crippen LogP contribution in [-0.4, -0.2) is 10.7 Å². The van der Waals surface area contributed by atoms with Crippen molar-refractivity contribution in [3.8, 4) is 0 Å². The maximum Gasteiger partial charge on any atom is 0.329 e. The second-order valence-electron chi connectivity index (χ2n) is 5.09. The second kappa shape index (κ2) is 6.18. The molecule has 0 amide bonds. The van der Waals surface area contributed by atoms with Crippen LogP contribution in [0, 0.1) is 6.92 Å². The van der Waals surface area contributed by atoms with Gasteiger partial charge in [-0.05, 0) is 43.3 Å². The first-order valence-electron chi connectivity index (χ1n) is 6.99. The number of rotatable bonds is 3. The average Bonchev–Trinajstić information content (AvgIpc) is 2.76. The van der Waals surface area contributed by atoms with E-state index in [-0.39, 0.29) is 5.97 Å². The van der Waals surface area contributed by atoms with Gasteiger partial charge in [0.05, 0.1) is 11.2 Å². The number of nitrogens with two attached hydrogens (primary N) is 1. The summed E-state index contributed by atoms with van der Waals surface area (Å²) < 4.78 is 1.53. The number of halogens is 1. The lowest BCUT2D eigenvalue weighted by Crippen LogP contribution is -2.17. The molecule has 1 aromatic heterocycles. The smallest absolute Gasteiger partial charge is 0.329 e.